The fraction of sp³-hybridized carbons (Fsp3) is 0.333. The lowest BCUT2D eigenvalue weighted by Gasteiger charge is -2.20. The molecule has 29 heavy (non-hydrogen) atoms. The monoisotopic (exact) mass is 416 g/mol. The fourth-order valence-electron chi connectivity index (χ4n) is 3.18. The number of carbonyl (C=O) groups excluding carboxylic acids is 2. The van der Waals surface area contributed by atoms with Crippen LogP contribution in [0.2, 0.25) is 0 Å². The Bertz CT molecular complexity index is 1060. The Morgan fingerprint density at radius 2 is 1.93 bits per heavy atom. The first-order valence-electron chi connectivity index (χ1n) is 9.47. The van der Waals surface area contributed by atoms with Crippen molar-refractivity contribution in [3.05, 3.63) is 53.1 Å². The summed E-state index contributed by atoms with van der Waals surface area (Å²) in [6.45, 7) is 5.94. The summed E-state index contributed by atoms with van der Waals surface area (Å²) < 4.78 is 31.9. The van der Waals surface area contributed by atoms with Crippen molar-refractivity contribution in [2.45, 2.75) is 51.0 Å². The highest BCUT2D eigenvalue weighted by Gasteiger charge is 2.33. The molecule has 2 aromatic carbocycles. The van der Waals surface area contributed by atoms with Crippen LogP contribution >= 0.6 is 0 Å². The van der Waals surface area contributed by atoms with Crippen LogP contribution in [-0.4, -0.2) is 26.3 Å². The van der Waals surface area contributed by atoms with E-state index in [9.17, 15) is 18.0 Å². The van der Waals surface area contributed by atoms with Crippen LogP contribution in [0.5, 0.6) is 5.75 Å². The van der Waals surface area contributed by atoms with Crippen molar-refractivity contribution in [2.75, 3.05) is 5.32 Å². The number of carbonyl (C=O) groups is 2. The van der Waals surface area contributed by atoms with Crippen LogP contribution in [0.15, 0.2) is 41.3 Å². The maximum Gasteiger partial charge on any atom is 0.266 e. The van der Waals surface area contributed by atoms with Crippen LogP contribution in [0.25, 0.3) is 0 Å². The molecule has 1 atom stereocenters. The van der Waals surface area contributed by atoms with E-state index in [1.165, 1.54) is 18.2 Å². The highest BCUT2D eigenvalue weighted by Crippen LogP contribution is 2.26. The number of hydrogen-bond donors (Lipinski definition) is 2. The van der Waals surface area contributed by atoms with Gasteiger partial charge in [0.05, 0.1) is 5.56 Å². The number of rotatable bonds is 7. The van der Waals surface area contributed by atoms with E-state index in [1.54, 1.807) is 0 Å². The first-order chi connectivity index (χ1) is 13.7. The van der Waals surface area contributed by atoms with Gasteiger partial charge in [0.25, 0.3) is 21.8 Å². The van der Waals surface area contributed by atoms with E-state index in [0.717, 1.165) is 24.0 Å². The molecule has 0 bridgehead atoms. The van der Waals surface area contributed by atoms with Gasteiger partial charge in [-0.05, 0) is 56.5 Å². The van der Waals surface area contributed by atoms with Crippen LogP contribution in [0.1, 0.15) is 47.7 Å². The van der Waals surface area contributed by atoms with Gasteiger partial charge in [0.15, 0.2) is 6.10 Å². The molecule has 2 N–H and O–H groups in total. The van der Waals surface area contributed by atoms with Gasteiger partial charge >= 0.3 is 0 Å². The van der Waals surface area contributed by atoms with E-state index in [2.05, 4.69) is 5.32 Å². The molecule has 0 aromatic heterocycles. The molecule has 1 aliphatic rings. The van der Waals surface area contributed by atoms with Gasteiger partial charge in [0.1, 0.15) is 10.6 Å². The molecule has 0 saturated heterocycles. The third-order valence-electron chi connectivity index (χ3n) is 4.72. The standard InChI is InChI=1S/C21H24N2O5S/c1-4-5-6-18(28-17-10-7-13(2)11-14(17)3)21(25)22-15-8-9-16-19(12-15)29(26,27)23-20(16)24/h7-12,18H,4-6H2,1-3H3,(H,22,25)(H,23,24). The molecule has 0 radical (unpaired) electrons. The first kappa shape index (κ1) is 20.9. The molecule has 2 aromatic rings. The van der Waals surface area contributed by atoms with Crippen molar-refractivity contribution < 1.29 is 22.7 Å². The molecule has 3 rings (SSSR count). The second-order valence-electron chi connectivity index (χ2n) is 7.15. The zero-order chi connectivity index (χ0) is 21.2. The summed E-state index contributed by atoms with van der Waals surface area (Å²) in [4.78, 5) is 24.4. The summed E-state index contributed by atoms with van der Waals surface area (Å²) in [6.07, 6.45) is 1.52. The van der Waals surface area contributed by atoms with E-state index in [1.807, 2.05) is 43.7 Å². The molecular formula is C21H24N2O5S. The number of anilines is 1. The second kappa shape index (κ2) is 8.24. The molecule has 0 aliphatic carbocycles. The lowest BCUT2D eigenvalue weighted by Crippen LogP contribution is -2.33. The highest BCUT2D eigenvalue weighted by atomic mass is 32.2. The van der Waals surface area contributed by atoms with Crippen LogP contribution < -0.4 is 14.8 Å². The lowest BCUT2D eigenvalue weighted by atomic mass is 10.1. The Kier molecular flexibility index (Phi) is 5.93. The van der Waals surface area contributed by atoms with Gasteiger partial charge in [0, 0.05) is 5.69 Å². The molecule has 2 amide bonds. The Hall–Kier alpha value is -2.87. The van der Waals surface area contributed by atoms with Crippen molar-refractivity contribution in [1.29, 1.82) is 0 Å². The Morgan fingerprint density at radius 1 is 1.17 bits per heavy atom. The highest BCUT2D eigenvalue weighted by molar-refractivity contribution is 7.90. The van der Waals surface area contributed by atoms with Gasteiger partial charge in [-0.2, -0.15) is 0 Å². The summed E-state index contributed by atoms with van der Waals surface area (Å²) in [5.74, 6) is -0.400. The van der Waals surface area contributed by atoms with Gasteiger partial charge in [0.2, 0.25) is 0 Å². The van der Waals surface area contributed by atoms with Gasteiger partial charge < -0.3 is 10.1 Å². The summed E-state index contributed by atoms with van der Waals surface area (Å²) >= 11 is 0. The van der Waals surface area contributed by atoms with E-state index < -0.39 is 22.0 Å². The SMILES string of the molecule is CCCCC(Oc1ccc(C)cc1C)C(=O)Nc1ccc2c(c1)S(=O)(=O)NC2=O. The molecular weight excluding hydrogens is 392 g/mol. The number of sulfonamides is 1. The third-order valence-corrected chi connectivity index (χ3v) is 6.09. The third kappa shape index (κ3) is 4.59. The van der Waals surface area contributed by atoms with Crippen molar-refractivity contribution in [2.24, 2.45) is 0 Å². The number of benzene rings is 2. The van der Waals surface area contributed by atoms with E-state index in [-0.39, 0.29) is 16.4 Å². The number of hydrogen-bond acceptors (Lipinski definition) is 5. The van der Waals surface area contributed by atoms with E-state index >= 15 is 0 Å². The summed E-state index contributed by atoms with van der Waals surface area (Å²) in [7, 11) is -3.89. The number of unbranched alkanes of at least 4 members (excludes halogenated alkanes) is 1. The average molecular weight is 416 g/mol. The zero-order valence-corrected chi connectivity index (χ0v) is 17.4. The fourth-order valence-corrected chi connectivity index (χ4v) is 4.38. The van der Waals surface area contributed by atoms with Crippen LogP contribution in [0.4, 0.5) is 5.69 Å². The number of aryl methyl sites for hydroxylation is 2. The van der Waals surface area contributed by atoms with E-state index in [0.29, 0.717) is 17.9 Å². The second-order valence-corrected chi connectivity index (χ2v) is 8.80. The predicted molar refractivity (Wildman–Crippen MR) is 110 cm³/mol. The van der Waals surface area contributed by atoms with E-state index in [4.69, 9.17) is 4.74 Å². The van der Waals surface area contributed by atoms with Crippen LogP contribution in [0.3, 0.4) is 0 Å². The lowest BCUT2D eigenvalue weighted by molar-refractivity contribution is -0.123. The Labute approximate surface area is 170 Å². The molecule has 0 fully saturated rings. The van der Waals surface area contributed by atoms with Gasteiger partial charge in [-0.1, -0.05) is 31.0 Å². The van der Waals surface area contributed by atoms with Crippen molar-refractivity contribution in [1.82, 2.24) is 4.72 Å². The number of amides is 2. The minimum absolute atomic E-state index is 0.0667. The predicted octanol–water partition coefficient (Wildman–Crippen LogP) is 3.31. The molecule has 7 nitrogen and oxygen atoms in total. The molecule has 8 heteroatoms. The maximum absolute atomic E-state index is 12.9. The normalized spacial score (nSPS) is 15.3. The van der Waals surface area contributed by atoms with Crippen LogP contribution in [-0.2, 0) is 14.8 Å². The van der Waals surface area contributed by atoms with Gasteiger partial charge in [-0.3, -0.25) is 9.59 Å². The quantitative estimate of drug-likeness (QED) is 0.721. The smallest absolute Gasteiger partial charge is 0.266 e. The summed E-state index contributed by atoms with van der Waals surface area (Å²) in [5, 5.41) is 2.72. The van der Waals surface area contributed by atoms with Crippen molar-refractivity contribution >= 4 is 27.5 Å². The largest absolute Gasteiger partial charge is 0.480 e. The van der Waals surface area contributed by atoms with Crippen LogP contribution in [0, 0.1) is 13.8 Å². The maximum atomic E-state index is 12.9. The Morgan fingerprint density at radius 3 is 2.62 bits per heavy atom. The number of nitrogens with one attached hydrogen (secondary N) is 2. The molecule has 1 unspecified atom stereocenters. The minimum Gasteiger partial charge on any atom is -0.480 e. The topological polar surface area (TPSA) is 102 Å². The molecule has 0 spiro atoms. The summed E-state index contributed by atoms with van der Waals surface area (Å²) in [5.41, 5.74) is 2.40. The number of fused-ring (bicyclic) bond motifs is 1. The van der Waals surface area contributed by atoms with Gasteiger partial charge in [-0.25, -0.2) is 13.1 Å². The molecule has 1 aliphatic heterocycles. The average Bonchev–Trinajstić information content (AvgIpc) is 2.88. The zero-order valence-electron chi connectivity index (χ0n) is 16.6. The van der Waals surface area contributed by atoms with Crippen molar-refractivity contribution in [3.63, 3.8) is 0 Å². The Balaban J connectivity index is 1.81. The number of ether oxygens (including phenoxy) is 1. The minimum atomic E-state index is -3.89. The molecule has 0 saturated carbocycles. The van der Waals surface area contributed by atoms with Gasteiger partial charge in [-0.15, -0.1) is 0 Å². The molecule has 154 valence electrons. The van der Waals surface area contributed by atoms with Crippen molar-refractivity contribution in [3.8, 4) is 5.75 Å². The first-order valence-corrected chi connectivity index (χ1v) is 11.0. The summed E-state index contributed by atoms with van der Waals surface area (Å²) in [6, 6.07) is 9.93. The molecule has 1 heterocycles.